The average molecular weight is 424 g/mol. The average Bonchev–Trinajstić information content (AvgIpc) is 2.95. The number of carbonyl (C=O) groups excluding carboxylic acids is 2. The van der Waals surface area contributed by atoms with Crippen LogP contribution in [0.1, 0.15) is 43.0 Å². The lowest BCUT2D eigenvalue weighted by atomic mass is 10.0. The summed E-state index contributed by atoms with van der Waals surface area (Å²) in [7, 11) is 0. The molecule has 1 aromatic carbocycles. The first-order valence-corrected chi connectivity index (χ1v) is 9.58. The first-order chi connectivity index (χ1) is 12.4. The third-order valence-corrected chi connectivity index (χ3v) is 5.47. The van der Waals surface area contributed by atoms with Crippen LogP contribution >= 0.6 is 15.9 Å². The largest absolute Gasteiger partial charge is 0.478 e. The van der Waals surface area contributed by atoms with Gasteiger partial charge in [-0.25, -0.2) is 9.59 Å². The summed E-state index contributed by atoms with van der Waals surface area (Å²) in [6.45, 7) is 3.18. The van der Waals surface area contributed by atoms with Crippen molar-refractivity contribution in [3.8, 4) is 0 Å². The van der Waals surface area contributed by atoms with Crippen molar-refractivity contribution >= 4 is 39.5 Å². The number of benzene rings is 1. The highest BCUT2D eigenvalue weighted by molar-refractivity contribution is 9.10. The zero-order chi connectivity index (χ0) is 18.8. The van der Waals surface area contributed by atoms with Gasteiger partial charge in [-0.15, -0.1) is 0 Å². The van der Waals surface area contributed by atoms with E-state index in [1.807, 2.05) is 6.92 Å². The molecule has 0 spiro atoms. The van der Waals surface area contributed by atoms with Gasteiger partial charge < -0.3 is 20.2 Å². The zero-order valence-electron chi connectivity index (χ0n) is 14.6. The molecule has 2 aliphatic heterocycles. The molecule has 2 saturated heterocycles. The minimum Gasteiger partial charge on any atom is -0.478 e. The molecular formula is C18H22BrN3O4. The summed E-state index contributed by atoms with van der Waals surface area (Å²) in [4.78, 5) is 39.8. The van der Waals surface area contributed by atoms with E-state index < -0.39 is 12.0 Å². The van der Waals surface area contributed by atoms with Gasteiger partial charge in [0.15, 0.2) is 0 Å². The van der Waals surface area contributed by atoms with E-state index in [1.54, 1.807) is 11.0 Å². The fraction of sp³-hybridized carbons (Fsp3) is 0.500. The molecule has 2 unspecified atom stereocenters. The molecule has 0 radical (unpaired) electrons. The quantitative estimate of drug-likeness (QED) is 0.781. The summed E-state index contributed by atoms with van der Waals surface area (Å²) in [6, 6.07) is 4.08. The lowest BCUT2D eigenvalue weighted by molar-refractivity contribution is -0.118. The Bertz CT molecular complexity index is 739. The second-order valence-corrected chi connectivity index (χ2v) is 7.74. The van der Waals surface area contributed by atoms with Gasteiger partial charge in [0.05, 0.1) is 5.56 Å². The predicted molar refractivity (Wildman–Crippen MR) is 100 cm³/mol. The number of hydrogen-bond acceptors (Lipinski definition) is 3. The Labute approximate surface area is 160 Å². The van der Waals surface area contributed by atoms with Gasteiger partial charge in [0.25, 0.3) is 0 Å². The van der Waals surface area contributed by atoms with Crippen molar-refractivity contribution in [3.05, 3.63) is 28.2 Å². The van der Waals surface area contributed by atoms with E-state index in [0.717, 1.165) is 19.3 Å². The number of nitrogens with one attached hydrogen (secondary N) is 1. The van der Waals surface area contributed by atoms with Crippen molar-refractivity contribution in [2.45, 2.75) is 44.7 Å². The minimum atomic E-state index is -1.05. The fourth-order valence-electron chi connectivity index (χ4n) is 3.56. The van der Waals surface area contributed by atoms with Crippen LogP contribution in [0, 0.1) is 0 Å². The summed E-state index contributed by atoms with van der Waals surface area (Å²) in [6.07, 6.45) is 3.59. The topological polar surface area (TPSA) is 90.0 Å². The molecule has 1 aromatic rings. The molecule has 8 heteroatoms. The highest BCUT2D eigenvalue weighted by atomic mass is 79.9. The van der Waals surface area contributed by atoms with Gasteiger partial charge in [0.2, 0.25) is 5.91 Å². The number of likely N-dealkylation sites (tertiary alicyclic amines) is 1. The van der Waals surface area contributed by atoms with E-state index in [4.69, 9.17) is 0 Å². The van der Waals surface area contributed by atoms with Crippen molar-refractivity contribution in [3.63, 3.8) is 0 Å². The number of halogens is 1. The number of aromatic carboxylic acids is 1. The molecule has 2 aliphatic rings. The first kappa shape index (κ1) is 18.7. The molecule has 3 amide bonds. The van der Waals surface area contributed by atoms with Gasteiger partial charge >= 0.3 is 12.0 Å². The highest BCUT2D eigenvalue weighted by Gasteiger charge is 2.35. The maximum atomic E-state index is 12.7. The van der Waals surface area contributed by atoms with Crippen molar-refractivity contribution in [2.75, 3.05) is 18.0 Å². The molecule has 2 N–H and O–H groups in total. The molecule has 3 rings (SSSR count). The zero-order valence-corrected chi connectivity index (χ0v) is 16.2. The van der Waals surface area contributed by atoms with E-state index in [0.29, 0.717) is 29.7 Å². The number of carbonyl (C=O) groups is 3. The van der Waals surface area contributed by atoms with Crippen molar-refractivity contribution in [1.29, 1.82) is 0 Å². The Hall–Kier alpha value is -2.09. The fourth-order valence-corrected chi connectivity index (χ4v) is 4.04. The second-order valence-electron chi connectivity index (χ2n) is 6.82. The number of carboxylic acid groups (broad SMARTS) is 1. The van der Waals surface area contributed by atoms with Crippen LogP contribution in [0.4, 0.5) is 10.5 Å². The molecule has 2 heterocycles. The normalized spacial score (nSPS) is 23.2. The number of piperidine rings is 1. The number of urea groups is 1. The Morgan fingerprint density at radius 1 is 1.19 bits per heavy atom. The van der Waals surface area contributed by atoms with Gasteiger partial charge in [-0.2, -0.15) is 0 Å². The van der Waals surface area contributed by atoms with Crippen LogP contribution in [-0.2, 0) is 4.79 Å². The molecule has 0 saturated carbocycles. The van der Waals surface area contributed by atoms with Crippen LogP contribution in [0.15, 0.2) is 22.7 Å². The lowest BCUT2D eigenvalue weighted by Crippen LogP contribution is -2.52. The Morgan fingerprint density at radius 3 is 2.65 bits per heavy atom. The van der Waals surface area contributed by atoms with Crippen molar-refractivity contribution < 1.29 is 19.5 Å². The third-order valence-electron chi connectivity index (χ3n) is 5.01. The predicted octanol–water partition coefficient (Wildman–Crippen LogP) is 2.84. The van der Waals surface area contributed by atoms with Crippen molar-refractivity contribution in [2.24, 2.45) is 0 Å². The number of carboxylic acids is 1. The molecule has 2 atom stereocenters. The van der Waals surface area contributed by atoms with E-state index in [-0.39, 0.29) is 23.5 Å². The number of rotatable bonds is 3. The Balaban J connectivity index is 1.70. The summed E-state index contributed by atoms with van der Waals surface area (Å²) < 4.78 is 0.592. The molecular weight excluding hydrogens is 402 g/mol. The molecule has 7 nitrogen and oxygen atoms in total. The molecule has 140 valence electrons. The summed E-state index contributed by atoms with van der Waals surface area (Å²) >= 11 is 3.28. The van der Waals surface area contributed by atoms with Crippen LogP contribution in [-0.4, -0.2) is 53.1 Å². The second kappa shape index (κ2) is 7.65. The highest BCUT2D eigenvalue weighted by Crippen LogP contribution is 2.27. The number of amides is 3. The minimum absolute atomic E-state index is 0.108. The van der Waals surface area contributed by atoms with Crippen LogP contribution in [0.2, 0.25) is 0 Å². The van der Waals surface area contributed by atoms with Gasteiger partial charge in [-0.3, -0.25) is 4.79 Å². The third kappa shape index (κ3) is 3.85. The van der Waals surface area contributed by atoms with Crippen molar-refractivity contribution in [1.82, 2.24) is 10.2 Å². The smallest absolute Gasteiger partial charge is 0.335 e. The number of hydrogen-bond donors (Lipinski definition) is 2. The van der Waals surface area contributed by atoms with Crippen LogP contribution in [0.5, 0.6) is 0 Å². The molecule has 2 fully saturated rings. The maximum Gasteiger partial charge on any atom is 0.335 e. The summed E-state index contributed by atoms with van der Waals surface area (Å²) in [5, 5.41) is 12.0. The molecule has 0 aromatic heterocycles. The van der Waals surface area contributed by atoms with E-state index >= 15 is 0 Å². The SMILES string of the molecule is CC1CCCCN1C(=O)NC1CCN(c2cc(Br)cc(C(=O)O)c2)C1=O. The van der Waals surface area contributed by atoms with E-state index in [1.165, 1.54) is 17.0 Å². The lowest BCUT2D eigenvalue weighted by Gasteiger charge is -2.34. The summed E-state index contributed by atoms with van der Waals surface area (Å²) in [5.74, 6) is -1.26. The van der Waals surface area contributed by atoms with Crippen LogP contribution < -0.4 is 10.2 Å². The Kier molecular flexibility index (Phi) is 5.50. The van der Waals surface area contributed by atoms with Crippen LogP contribution in [0.25, 0.3) is 0 Å². The standard InChI is InChI=1S/C18H22BrN3O4/c1-11-4-2-3-6-21(11)18(26)20-15-5-7-22(16(15)23)14-9-12(17(24)25)8-13(19)10-14/h8-11,15H,2-7H2,1H3,(H,20,26)(H,24,25). The van der Waals surface area contributed by atoms with E-state index in [9.17, 15) is 19.5 Å². The van der Waals surface area contributed by atoms with E-state index in [2.05, 4.69) is 21.2 Å². The Morgan fingerprint density at radius 2 is 1.96 bits per heavy atom. The molecule has 26 heavy (non-hydrogen) atoms. The molecule has 0 bridgehead atoms. The van der Waals surface area contributed by atoms with Gasteiger partial charge in [-0.1, -0.05) is 15.9 Å². The molecule has 0 aliphatic carbocycles. The maximum absolute atomic E-state index is 12.7. The first-order valence-electron chi connectivity index (χ1n) is 8.79. The van der Waals surface area contributed by atoms with Gasteiger partial charge in [0, 0.05) is 29.3 Å². The van der Waals surface area contributed by atoms with Gasteiger partial charge in [-0.05, 0) is 50.8 Å². The number of nitrogens with zero attached hydrogens (tertiary/aromatic N) is 2. The van der Waals surface area contributed by atoms with Crippen LogP contribution in [0.3, 0.4) is 0 Å². The monoisotopic (exact) mass is 423 g/mol. The number of anilines is 1. The summed E-state index contributed by atoms with van der Waals surface area (Å²) in [5.41, 5.74) is 0.627. The van der Waals surface area contributed by atoms with Gasteiger partial charge in [0.1, 0.15) is 6.04 Å².